The lowest BCUT2D eigenvalue weighted by Gasteiger charge is -2.15. The Hall–Kier alpha value is -1.07. The monoisotopic (exact) mass is 175 g/mol. The molecule has 0 aliphatic heterocycles. The van der Waals surface area contributed by atoms with Crippen molar-refractivity contribution in [2.45, 2.75) is 19.8 Å². The topological polar surface area (TPSA) is 78.8 Å². The summed E-state index contributed by atoms with van der Waals surface area (Å²) in [6, 6.07) is 0. The Morgan fingerprint density at radius 2 is 2.08 bits per heavy atom. The second-order valence-corrected chi connectivity index (χ2v) is 2.48. The SMILES string of the molecule is COC(=O)/C(C)=C/NC(C)(O)O. The van der Waals surface area contributed by atoms with E-state index in [4.69, 9.17) is 10.2 Å². The molecule has 70 valence electrons. The molecule has 0 saturated heterocycles. The van der Waals surface area contributed by atoms with Crippen LogP contribution in [0.1, 0.15) is 13.8 Å². The molecule has 0 atom stereocenters. The molecule has 0 unspecified atom stereocenters. The first-order valence-electron chi connectivity index (χ1n) is 3.34. The van der Waals surface area contributed by atoms with Crippen LogP contribution in [-0.4, -0.2) is 29.2 Å². The van der Waals surface area contributed by atoms with Gasteiger partial charge in [0.15, 0.2) is 0 Å². The maximum absolute atomic E-state index is 10.7. The standard InChI is InChI=1S/C7H13NO4/c1-5(6(9)12-3)4-8-7(2,10)11/h4,8,10-11H,1-3H3/b5-4+. The van der Waals surface area contributed by atoms with E-state index in [9.17, 15) is 4.79 Å². The van der Waals surface area contributed by atoms with Crippen molar-refractivity contribution < 1.29 is 19.7 Å². The first-order chi connectivity index (χ1) is 5.37. The van der Waals surface area contributed by atoms with Crippen LogP contribution in [0.25, 0.3) is 0 Å². The molecule has 0 spiro atoms. The second kappa shape index (κ2) is 4.08. The summed E-state index contributed by atoms with van der Waals surface area (Å²) in [4.78, 5) is 10.7. The van der Waals surface area contributed by atoms with Crippen molar-refractivity contribution in [3.8, 4) is 0 Å². The van der Waals surface area contributed by atoms with Gasteiger partial charge in [-0.25, -0.2) is 4.79 Å². The molecule has 12 heavy (non-hydrogen) atoms. The smallest absolute Gasteiger partial charge is 0.334 e. The molecule has 0 aromatic rings. The highest BCUT2D eigenvalue weighted by Gasteiger charge is 2.12. The number of esters is 1. The summed E-state index contributed by atoms with van der Waals surface area (Å²) in [6.45, 7) is 2.62. The molecule has 0 radical (unpaired) electrons. The van der Waals surface area contributed by atoms with Crippen LogP contribution in [0.3, 0.4) is 0 Å². The van der Waals surface area contributed by atoms with Gasteiger partial charge in [0.05, 0.1) is 7.11 Å². The fraction of sp³-hybridized carbons (Fsp3) is 0.571. The van der Waals surface area contributed by atoms with Crippen molar-refractivity contribution in [3.05, 3.63) is 11.8 Å². The minimum absolute atomic E-state index is 0.256. The minimum atomic E-state index is -2.02. The summed E-state index contributed by atoms with van der Waals surface area (Å²) >= 11 is 0. The van der Waals surface area contributed by atoms with Crippen LogP contribution in [-0.2, 0) is 9.53 Å². The Bertz CT molecular complexity index is 192. The molecule has 5 nitrogen and oxygen atoms in total. The average molecular weight is 175 g/mol. The van der Waals surface area contributed by atoms with Gasteiger partial charge >= 0.3 is 5.97 Å². The highest BCUT2D eigenvalue weighted by atomic mass is 16.5. The number of rotatable bonds is 3. The molecular weight excluding hydrogens is 162 g/mol. The Morgan fingerprint density at radius 1 is 1.58 bits per heavy atom. The Balaban J connectivity index is 4.10. The van der Waals surface area contributed by atoms with Gasteiger partial charge in [0, 0.05) is 18.7 Å². The van der Waals surface area contributed by atoms with Gasteiger partial charge in [0.2, 0.25) is 5.91 Å². The fourth-order valence-corrected chi connectivity index (χ4v) is 0.465. The number of carbonyl (C=O) groups is 1. The molecule has 0 heterocycles. The molecule has 0 rings (SSSR count). The zero-order chi connectivity index (χ0) is 9.78. The average Bonchev–Trinajstić information content (AvgIpc) is 1.97. The number of ether oxygens (including phenoxy) is 1. The first kappa shape index (κ1) is 10.9. The van der Waals surface area contributed by atoms with E-state index in [-0.39, 0.29) is 5.57 Å². The van der Waals surface area contributed by atoms with E-state index >= 15 is 0 Å². The normalized spacial score (nSPS) is 12.6. The van der Waals surface area contributed by atoms with Crippen LogP contribution >= 0.6 is 0 Å². The maximum Gasteiger partial charge on any atom is 0.334 e. The predicted molar refractivity (Wildman–Crippen MR) is 41.8 cm³/mol. The molecule has 0 aromatic carbocycles. The summed E-state index contributed by atoms with van der Waals surface area (Å²) in [7, 11) is 1.25. The van der Waals surface area contributed by atoms with Gasteiger partial charge in [-0.15, -0.1) is 0 Å². The number of hydrogen-bond acceptors (Lipinski definition) is 5. The van der Waals surface area contributed by atoms with Gasteiger partial charge in [-0.2, -0.15) is 0 Å². The van der Waals surface area contributed by atoms with Gasteiger partial charge in [-0.1, -0.05) is 0 Å². The molecule has 5 heteroatoms. The number of methoxy groups -OCH3 is 1. The van der Waals surface area contributed by atoms with E-state index in [1.165, 1.54) is 20.2 Å². The second-order valence-electron chi connectivity index (χ2n) is 2.48. The quantitative estimate of drug-likeness (QED) is 0.300. The van der Waals surface area contributed by atoms with Crippen LogP contribution in [0, 0.1) is 0 Å². The maximum atomic E-state index is 10.7. The van der Waals surface area contributed by atoms with Crippen molar-refractivity contribution in [1.82, 2.24) is 5.32 Å². The molecule has 0 fully saturated rings. The van der Waals surface area contributed by atoms with E-state index in [1.807, 2.05) is 0 Å². The lowest BCUT2D eigenvalue weighted by Crippen LogP contribution is -2.38. The van der Waals surface area contributed by atoms with Gasteiger partial charge < -0.3 is 20.3 Å². The van der Waals surface area contributed by atoms with Crippen LogP contribution in [0.2, 0.25) is 0 Å². The molecule has 3 N–H and O–H groups in total. The van der Waals surface area contributed by atoms with Crippen LogP contribution in [0.15, 0.2) is 11.8 Å². The molecule has 0 saturated carbocycles. The largest absolute Gasteiger partial charge is 0.466 e. The molecule has 0 aromatic heterocycles. The Morgan fingerprint density at radius 3 is 2.42 bits per heavy atom. The van der Waals surface area contributed by atoms with Crippen molar-refractivity contribution in [2.75, 3.05) is 7.11 Å². The van der Waals surface area contributed by atoms with Crippen LogP contribution in [0.5, 0.6) is 0 Å². The van der Waals surface area contributed by atoms with Gasteiger partial charge in [0.1, 0.15) is 0 Å². The van der Waals surface area contributed by atoms with Crippen molar-refractivity contribution >= 4 is 5.97 Å². The molecule has 0 amide bonds. The van der Waals surface area contributed by atoms with E-state index < -0.39 is 11.9 Å². The van der Waals surface area contributed by atoms with Gasteiger partial charge in [-0.3, -0.25) is 0 Å². The number of hydrogen-bond donors (Lipinski definition) is 3. The Labute approximate surface area is 70.7 Å². The van der Waals surface area contributed by atoms with E-state index in [0.717, 1.165) is 6.92 Å². The van der Waals surface area contributed by atoms with Crippen LogP contribution < -0.4 is 5.32 Å². The minimum Gasteiger partial charge on any atom is -0.466 e. The highest BCUT2D eigenvalue weighted by molar-refractivity contribution is 5.87. The van der Waals surface area contributed by atoms with E-state index in [1.54, 1.807) is 0 Å². The van der Waals surface area contributed by atoms with E-state index in [0.29, 0.717) is 0 Å². The zero-order valence-electron chi connectivity index (χ0n) is 7.29. The summed E-state index contributed by atoms with van der Waals surface area (Å²) in [5, 5.41) is 19.7. The van der Waals surface area contributed by atoms with Gasteiger partial charge in [-0.05, 0) is 6.92 Å². The van der Waals surface area contributed by atoms with Crippen molar-refractivity contribution in [2.24, 2.45) is 0 Å². The summed E-state index contributed by atoms with van der Waals surface area (Å²) < 4.78 is 4.37. The third kappa shape index (κ3) is 4.70. The van der Waals surface area contributed by atoms with Crippen molar-refractivity contribution in [3.63, 3.8) is 0 Å². The predicted octanol–water partition coefficient (Wildman–Crippen LogP) is -0.689. The van der Waals surface area contributed by atoms with E-state index in [2.05, 4.69) is 10.1 Å². The molecular formula is C7H13NO4. The number of carbonyl (C=O) groups excluding carboxylic acids is 1. The summed E-state index contributed by atoms with van der Waals surface area (Å²) in [6.07, 6.45) is 1.17. The van der Waals surface area contributed by atoms with Crippen LogP contribution in [0.4, 0.5) is 0 Å². The summed E-state index contributed by atoms with van der Waals surface area (Å²) in [5.74, 6) is -2.54. The molecule has 0 aliphatic rings. The third-order valence-corrected chi connectivity index (χ3v) is 1.07. The Kier molecular flexibility index (Phi) is 3.72. The molecule has 0 bridgehead atoms. The fourth-order valence-electron chi connectivity index (χ4n) is 0.465. The number of aliphatic hydroxyl groups is 2. The number of nitrogens with one attached hydrogen (secondary N) is 1. The highest BCUT2D eigenvalue weighted by Crippen LogP contribution is 1.96. The van der Waals surface area contributed by atoms with Gasteiger partial charge in [0.25, 0.3) is 0 Å². The zero-order valence-corrected chi connectivity index (χ0v) is 7.29. The lowest BCUT2D eigenvalue weighted by atomic mass is 10.3. The molecule has 0 aliphatic carbocycles. The third-order valence-electron chi connectivity index (χ3n) is 1.07. The lowest BCUT2D eigenvalue weighted by molar-refractivity contribution is -0.160. The van der Waals surface area contributed by atoms with Crippen molar-refractivity contribution in [1.29, 1.82) is 0 Å². The summed E-state index contributed by atoms with van der Waals surface area (Å²) in [5.41, 5.74) is 0.256. The first-order valence-corrected chi connectivity index (χ1v) is 3.34.